The van der Waals surface area contributed by atoms with Gasteiger partial charge in [0.25, 0.3) is 0 Å². The standard InChI is InChI=1S/C11H17NO/c1-8(2)9(3)11-6-5-10(13-4)7-12-11/h5-9H,1-4H3. The van der Waals surface area contributed by atoms with Crippen LogP contribution >= 0.6 is 0 Å². The van der Waals surface area contributed by atoms with Crippen molar-refractivity contribution in [2.45, 2.75) is 26.7 Å². The van der Waals surface area contributed by atoms with Crippen molar-refractivity contribution in [3.63, 3.8) is 0 Å². The van der Waals surface area contributed by atoms with Crippen molar-refractivity contribution in [3.05, 3.63) is 24.0 Å². The second kappa shape index (κ2) is 4.26. The number of ether oxygens (including phenoxy) is 1. The smallest absolute Gasteiger partial charge is 0.137 e. The average Bonchev–Trinajstić information content (AvgIpc) is 2.17. The Morgan fingerprint density at radius 2 is 1.92 bits per heavy atom. The molecule has 13 heavy (non-hydrogen) atoms. The van der Waals surface area contributed by atoms with E-state index >= 15 is 0 Å². The molecule has 0 N–H and O–H groups in total. The van der Waals surface area contributed by atoms with Crippen LogP contribution in [0.5, 0.6) is 5.75 Å². The van der Waals surface area contributed by atoms with E-state index in [4.69, 9.17) is 4.74 Å². The number of nitrogens with zero attached hydrogens (tertiary/aromatic N) is 1. The third-order valence-electron chi connectivity index (χ3n) is 2.46. The molecule has 0 aliphatic carbocycles. The summed E-state index contributed by atoms with van der Waals surface area (Å²) in [7, 11) is 1.66. The maximum atomic E-state index is 5.05. The molecule has 0 aliphatic rings. The normalized spacial score (nSPS) is 13.0. The lowest BCUT2D eigenvalue weighted by Gasteiger charge is -2.14. The van der Waals surface area contributed by atoms with Crippen LogP contribution in [0, 0.1) is 5.92 Å². The van der Waals surface area contributed by atoms with E-state index in [-0.39, 0.29) is 0 Å². The molecular weight excluding hydrogens is 162 g/mol. The summed E-state index contributed by atoms with van der Waals surface area (Å²) >= 11 is 0. The lowest BCUT2D eigenvalue weighted by Crippen LogP contribution is -2.04. The highest BCUT2D eigenvalue weighted by Crippen LogP contribution is 2.22. The van der Waals surface area contributed by atoms with E-state index in [1.807, 2.05) is 12.1 Å². The van der Waals surface area contributed by atoms with Crippen LogP contribution < -0.4 is 4.74 Å². The zero-order chi connectivity index (χ0) is 9.84. The maximum Gasteiger partial charge on any atom is 0.137 e. The molecule has 0 fully saturated rings. The van der Waals surface area contributed by atoms with Crippen LogP contribution in [0.2, 0.25) is 0 Å². The molecule has 0 saturated heterocycles. The van der Waals surface area contributed by atoms with Gasteiger partial charge in [0.15, 0.2) is 0 Å². The van der Waals surface area contributed by atoms with Gasteiger partial charge >= 0.3 is 0 Å². The Morgan fingerprint density at radius 1 is 1.23 bits per heavy atom. The third kappa shape index (κ3) is 2.44. The zero-order valence-corrected chi connectivity index (χ0v) is 8.74. The van der Waals surface area contributed by atoms with Crippen molar-refractivity contribution in [3.8, 4) is 5.75 Å². The van der Waals surface area contributed by atoms with Gasteiger partial charge in [-0.25, -0.2) is 0 Å². The Labute approximate surface area is 80.0 Å². The van der Waals surface area contributed by atoms with Gasteiger partial charge in [0.2, 0.25) is 0 Å². The van der Waals surface area contributed by atoms with Crippen LogP contribution in [-0.2, 0) is 0 Å². The summed E-state index contributed by atoms with van der Waals surface area (Å²) in [5, 5.41) is 0. The van der Waals surface area contributed by atoms with Crippen molar-refractivity contribution in [1.29, 1.82) is 0 Å². The Kier molecular flexibility index (Phi) is 3.29. The first kappa shape index (κ1) is 10.0. The molecule has 1 atom stereocenters. The molecule has 0 bridgehead atoms. The lowest BCUT2D eigenvalue weighted by molar-refractivity contribution is 0.411. The van der Waals surface area contributed by atoms with Crippen LogP contribution in [0.1, 0.15) is 32.4 Å². The molecule has 1 heterocycles. The van der Waals surface area contributed by atoms with Gasteiger partial charge < -0.3 is 4.74 Å². The van der Waals surface area contributed by atoms with Crippen molar-refractivity contribution >= 4 is 0 Å². The summed E-state index contributed by atoms with van der Waals surface area (Å²) in [6, 6.07) is 3.99. The monoisotopic (exact) mass is 179 g/mol. The Morgan fingerprint density at radius 3 is 2.31 bits per heavy atom. The average molecular weight is 179 g/mol. The molecule has 2 heteroatoms. The maximum absolute atomic E-state index is 5.05. The fourth-order valence-corrected chi connectivity index (χ4v) is 1.12. The molecule has 0 radical (unpaired) electrons. The van der Waals surface area contributed by atoms with Gasteiger partial charge in [-0.05, 0) is 18.1 Å². The van der Waals surface area contributed by atoms with Crippen molar-refractivity contribution < 1.29 is 4.74 Å². The van der Waals surface area contributed by atoms with Gasteiger partial charge in [0.05, 0.1) is 13.3 Å². The molecule has 72 valence electrons. The highest BCUT2D eigenvalue weighted by molar-refractivity contribution is 5.21. The van der Waals surface area contributed by atoms with Gasteiger partial charge in [0.1, 0.15) is 5.75 Å². The van der Waals surface area contributed by atoms with Crippen LogP contribution in [0.3, 0.4) is 0 Å². The zero-order valence-electron chi connectivity index (χ0n) is 8.74. The molecule has 1 unspecified atom stereocenters. The second-order valence-corrected chi connectivity index (χ2v) is 3.66. The van der Waals surface area contributed by atoms with Crippen LogP contribution in [-0.4, -0.2) is 12.1 Å². The quantitative estimate of drug-likeness (QED) is 0.711. The molecule has 0 saturated carbocycles. The highest BCUT2D eigenvalue weighted by Gasteiger charge is 2.10. The van der Waals surface area contributed by atoms with Crippen LogP contribution in [0.15, 0.2) is 18.3 Å². The molecule has 1 aromatic heterocycles. The SMILES string of the molecule is COc1ccc(C(C)C(C)C)nc1. The highest BCUT2D eigenvalue weighted by atomic mass is 16.5. The summed E-state index contributed by atoms with van der Waals surface area (Å²) in [6.45, 7) is 6.60. The first-order chi connectivity index (χ1) is 6.15. The van der Waals surface area contributed by atoms with E-state index in [1.165, 1.54) is 0 Å². The molecular formula is C11H17NO. The predicted molar refractivity (Wildman–Crippen MR) is 54.0 cm³/mol. The van der Waals surface area contributed by atoms with E-state index in [1.54, 1.807) is 13.3 Å². The molecule has 2 nitrogen and oxygen atoms in total. The third-order valence-corrected chi connectivity index (χ3v) is 2.46. The number of pyridine rings is 1. The molecule has 0 spiro atoms. The molecule has 0 aliphatic heterocycles. The van der Waals surface area contributed by atoms with E-state index in [2.05, 4.69) is 25.8 Å². The van der Waals surface area contributed by atoms with Gasteiger partial charge in [-0.15, -0.1) is 0 Å². The molecule has 1 aromatic rings. The van der Waals surface area contributed by atoms with Gasteiger partial charge in [-0.2, -0.15) is 0 Å². The van der Waals surface area contributed by atoms with Crippen molar-refractivity contribution in [2.24, 2.45) is 5.92 Å². The second-order valence-electron chi connectivity index (χ2n) is 3.66. The summed E-state index contributed by atoms with van der Waals surface area (Å²) in [4.78, 5) is 4.35. The van der Waals surface area contributed by atoms with Gasteiger partial charge in [-0.3, -0.25) is 4.98 Å². The van der Waals surface area contributed by atoms with Crippen molar-refractivity contribution in [2.75, 3.05) is 7.11 Å². The summed E-state index contributed by atoms with van der Waals surface area (Å²) < 4.78 is 5.05. The fraction of sp³-hybridized carbons (Fsp3) is 0.545. The van der Waals surface area contributed by atoms with Crippen LogP contribution in [0.4, 0.5) is 0 Å². The summed E-state index contributed by atoms with van der Waals surface area (Å²) in [5.74, 6) is 1.95. The first-order valence-electron chi connectivity index (χ1n) is 4.65. The number of hydrogen-bond donors (Lipinski definition) is 0. The number of aromatic nitrogens is 1. The van der Waals surface area contributed by atoms with Gasteiger partial charge in [0, 0.05) is 11.6 Å². The number of rotatable bonds is 3. The molecule has 0 aromatic carbocycles. The van der Waals surface area contributed by atoms with E-state index in [0.29, 0.717) is 11.8 Å². The minimum atomic E-state index is 0.505. The Bertz CT molecular complexity index is 253. The van der Waals surface area contributed by atoms with Gasteiger partial charge in [-0.1, -0.05) is 20.8 Å². The number of methoxy groups -OCH3 is 1. The number of hydrogen-bond acceptors (Lipinski definition) is 2. The van der Waals surface area contributed by atoms with Crippen molar-refractivity contribution in [1.82, 2.24) is 4.98 Å². The Balaban J connectivity index is 2.79. The minimum Gasteiger partial charge on any atom is -0.495 e. The molecule has 0 amide bonds. The van der Waals surface area contributed by atoms with Crippen LogP contribution in [0.25, 0.3) is 0 Å². The topological polar surface area (TPSA) is 22.1 Å². The molecule has 1 rings (SSSR count). The summed E-state index contributed by atoms with van der Waals surface area (Å²) in [6.07, 6.45) is 1.77. The fourth-order valence-electron chi connectivity index (χ4n) is 1.12. The first-order valence-corrected chi connectivity index (χ1v) is 4.65. The van der Waals surface area contributed by atoms with E-state index in [9.17, 15) is 0 Å². The van der Waals surface area contributed by atoms with E-state index < -0.39 is 0 Å². The minimum absolute atomic E-state index is 0.505. The summed E-state index contributed by atoms with van der Waals surface area (Å²) in [5.41, 5.74) is 1.14. The lowest BCUT2D eigenvalue weighted by atomic mass is 9.94. The Hall–Kier alpha value is -1.05. The predicted octanol–water partition coefficient (Wildman–Crippen LogP) is 2.85. The van der Waals surface area contributed by atoms with E-state index in [0.717, 1.165) is 11.4 Å². The largest absolute Gasteiger partial charge is 0.495 e.